The lowest BCUT2D eigenvalue weighted by Gasteiger charge is -2.14. The van der Waals surface area contributed by atoms with Crippen molar-refractivity contribution >= 4 is 11.6 Å². The topological polar surface area (TPSA) is 38.7 Å². The van der Waals surface area contributed by atoms with Crippen LogP contribution >= 0.6 is 11.6 Å². The van der Waals surface area contributed by atoms with Crippen LogP contribution in [0.5, 0.6) is 0 Å². The Labute approximate surface area is 107 Å². The molecule has 0 heterocycles. The highest BCUT2D eigenvalue weighted by molar-refractivity contribution is 6.30. The summed E-state index contributed by atoms with van der Waals surface area (Å²) in [6.45, 7) is 1.90. The van der Waals surface area contributed by atoms with E-state index in [2.05, 4.69) is 0 Å². The van der Waals surface area contributed by atoms with Gasteiger partial charge in [-0.3, -0.25) is 0 Å². The summed E-state index contributed by atoms with van der Waals surface area (Å²) in [6, 6.07) is 7.58. The van der Waals surface area contributed by atoms with Crippen molar-refractivity contribution in [2.45, 2.75) is 12.3 Å². The average Bonchev–Trinajstić information content (AvgIpc) is 2.34. The van der Waals surface area contributed by atoms with Gasteiger partial charge in [-0.15, -0.1) is 0 Å². The van der Waals surface area contributed by atoms with Crippen LogP contribution in [0.2, 0.25) is 5.02 Å². The van der Waals surface area contributed by atoms with Crippen LogP contribution in [0.1, 0.15) is 17.9 Å². The van der Waals surface area contributed by atoms with Gasteiger partial charge in [-0.25, -0.2) is 0 Å². The van der Waals surface area contributed by atoms with Crippen LogP contribution in [-0.4, -0.2) is 38.6 Å². The minimum Gasteiger partial charge on any atom is -0.396 e. The first kappa shape index (κ1) is 14.5. The number of aliphatic hydroxyl groups is 1. The van der Waals surface area contributed by atoms with Gasteiger partial charge in [0.05, 0.1) is 19.8 Å². The predicted molar refractivity (Wildman–Crippen MR) is 68.6 cm³/mol. The average molecular weight is 259 g/mol. The van der Waals surface area contributed by atoms with Gasteiger partial charge in [-0.1, -0.05) is 23.7 Å². The second-order valence-corrected chi connectivity index (χ2v) is 4.26. The third-order valence-corrected chi connectivity index (χ3v) is 2.82. The van der Waals surface area contributed by atoms with Crippen molar-refractivity contribution < 1.29 is 14.6 Å². The summed E-state index contributed by atoms with van der Waals surface area (Å²) in [5.41, 5.74) is 1.05. The van der Waals surface area contributed by atoms with Crippen molar-refractivity contribution in [3.8, 4) is 0 Å². The van der Waals surface area contributed by atoms with Crippen molar-refractivity contribution in [3.63, 3.8) is 0 Å². The monoisotopic (exact) mass is 258 g/mol. The van der Waals surface area contributed by atoms with E-state index in [-0.39, 0.29) is 12.5 Å². The van der Waals surface area contributed by atoms with Gasteiger partial charge in [0.25, 0.3) is 0 Å². The smallest absolute Gasteiger partial charge is 0.0700 e. The maximum Gasteiger partial charge on any atom is 0.0700 e. The van der Waals surface area contributed by atoms with Crippen LogP contribution in [0.4, 0.5) is 0 Å². The molecular weight excluding hydrogens is 240 g/mol. The van der Waals surface area contributed by atoms with Crippen LogP contribution in [0.25, 0.3) is 0 Å². The van der Waals surface area contributed by atoms with Gasteiger partial charge in [-0.05, 0) is 24.1 Å². The molecule has 0 aliphatic heterocycles. The molecule has 3 nitrogen and oxygen atoms in total. The van der Waals surface area contributed by atoms with Gasteiger partial charge in [0.2, 0.25) is 0 Å². The molecule has 0 saturated heterocycles. The molecule has 0 aromatic heterocycles. The normalized spacial score (nSPS) is 12.6. The highest BCUT2D eigenvalue weighted by Gasteiger charge is 2.10. The standard InChI is InChI=1S/C13H19ClO3/c1-16-7-8-17-6-5-12(10-15)11-3-2-4-13(14)9-11/h2-4,9,12,15H,5-8,10H2,1H3. The third kappa shape index (κ3) is 5.50. The van der Waals surface area contributed by atoms with Gasteiger partial charge in [0.15, 0.2) is 0 Å². The number of halogens is 1. The summed E-state index contributed by atoms with van der Waals surface area (Å²) in [5.74, 6) is 0.0799. The van der Waals surface area contributed by atoms with Gasteiger partial charge < -0.3 is 14.6 Å². The summed E-state index contributed by atoms with van der Waals surface area (Å²) in [4.78, 5) is 0. The molecule has 17 heavy (non-hydrogen) atoms. The van der Waals surface area contributed by atoms with Crippen LogP contribution in [0.15, 0.2) is 24.3 Å². The molecule has 0 aliphatic rings. The second kappa shape index (κ2) is 8.48. The zero-order valence-corrected chi connectivity index (χ0v) is 10.8. The lowest BCUT2D eigenvalue weighted by molar-refractivity contribution is 0.0642. The molecule has 1 unspecified atom stereocenters. The molecular formula is C13H19ClO3. The Kier molecular flexibility index (Phi) is 7.21. The number of ether oxygens (including phenoxy) is 2. The zero-order valence-electron chi connectivity index (χ0n) is 10.1. The molecule has 1 N–H and O–H groups in total. The summed E-state index contributed by atoms with van der Waals surface area (Å²) in [5, 5.41) is 10.0. The number of hydrogen-bond acceptors (Lipinski definition) is 3. The molecule has 0 bridgehead atoms. The largest absolute Gasteiger partial charge is 0.396 e. The Hall–Kier alpha value is -0.610. The zero-order chi connectivity index (χ0) is 12.5. The van der Waals surface area contributed by atoms with Crippen LogP contribution in [0.3, 0.4) is 0 Å². The molecule has 1 rings (SSSR count). The fourth-order valence-corrected chi connectivity index (χ4v) is 1.79. The van der Waals surface area contributed by atoms with Crippen LogP contribution in [-0.2, 0) is 9.47 Å². The van der Waals surface area contributed by atoms with Crippen molar-refractivity contribution in [2.24, 2.45) is 0 Å². The Morgan fingerprint density at radius 1 is 1.29 bits per heavy atom. The SMILES string of the molecule is COCCOCCC(CO)c1cccc(Cl)c1. The van der Waals surface area contributed by atoms with Gasteiger partial charge >= 0.3 is 0 Å². The number of benzene rings is 1. The van der Waals surface area contributed by atoms with Crippen molar-refractivity contribution in [3.05, 3.63) is 34.9 Å². The predicted octanol–water partition coefficient (Wildman–Crippen LogP) is 2.47. The fourth-order valence-electron chi connectivity index (χ4n) is 1.59. The van der Waals surface area contributed by atoms with E-state index >= 15 is 0 Å². The lowest BCUT2D eigenvalue weighted by Crippen LogP contribution is -2.10. The highest BCUT2D eigenvalue weighted by Crippen LogP contribution is 2.22. The van der Waals surface area contributed by atoms with E-state index in [1.54, 1.807) is 7.11 Å². The van der Waals surface area contributed by atoms with Gasteiger partial charge in [-0.2, -0.15) is 0 Å². The van der Waals surface area contributed by atoms with E-state index in [4.69, 9.17) is 21.1 Å². The molecule has 96 valence electrons. The molecule has 0 spiro atoms. The molecule has 0 fully saturated rings. The number of hydrogen-bond donors (Lipinski definition) is 1. The molecule has 0 aliphatic carbocycles. The lowest BCUT2D eigenvalue weighted by atomic mass is 9.97. The van der Waals surface area contributed by atoms with E-state index in [0.29, 0.717) is 24.8 Å². The highest BCUT2D eigenvalue weighted by atomic mass is 35.5. The fraction of sp³-hybridized carbons (Fsp3) is 0.538. The van der Waals surface area contributed by atoms with Crippen molar-refractivity contribution in [2.75, 3.05) is 33.5 Å². The second-order valence-electron chi connectivity index (χ2n) is 3.83. The van der Waals surface area contributed by atoms with Crippen LogP contribution in [0, 0.1) is 0 Å². The van der Waals surface area contributed by atoms with Crippen molar-refractivity contribution in [1.82, 2.24) is 0 Å². The first-order valence-electron chi connectivity index (χ1n) is 5.71. The van der Waals surface area contributed by atoms with Gasteiger partial charge in [0.1, 0.15) is 0 Å². The molecule has 0 radical (unpaired) electrons. The number of methoxy groups -OCH3 is 1. The number of rotatable bonds is 8. The summed E-state index contributed by atoms with van der Waals surface area (Å²) >= 11 is 5.92. The van der Waals surface area contributed by atoms with E-state index in [1.165, 1.54) is 0 Å². The van der Waals surface area contributed by atoms with Crippen LogP contribution < -0.4 is 0 Å². The molecule has 0 amide bonds. The van der Waals surface area contributed by atoms with E-state index in [0.717, 1.165) is 12.0 Å². The summed E-state index contributed by atoms with van der Waals surface area (Å²) < 4.78 is 10.3. The first-order valence-corrected chi connectivity index (χ1v) is 6.08. The first-order chi connectivity index (χ1) is 8.27. The minimum absolute atomic E-state index is 0.0799. The third-order valence-electron chi connectivity index (χ3n) is 2.58. The molecule has 1 aromatic rings. The number of aliphatic hydroxyl groups excluding tert-OH is 1. The quantitative estimate of drug-likeness (QED) is 0.728. The molecule has 0 saturated carbocycles. The molecule has 1 aromatic carbocycles. The Morgan fingerprint density at radius 2 is 2.12 bits per heavy atom. The maximum absolute atomic E-state index is 9.35. The van der Waals surface area contributed by atoms with Crippen molar-refractivity contribution in [1.29, 1.82) is 0 Å². The molecule has 4 heteroatoms. The maximum atomic E-state index is 9.35. The molecule has 1 atom stereocenters. The van der Waals surface area contributed by atoms with E-state index in [9.17, 15) is 5.11 Å². The van der Waals surface area contributed by atoms with E-state index in [1.807, 2.05) is 24.3 Å². The minimum atomic E-state index is 0.0799. The summed E-state index contributed by atoms with van der Waals surface area (Å²) in [6.07, 6.45) is 0.778. The van der Waals surface area contributed by atoms with Gasteiger partial charge in [0, 0.05) is 24.7 Å². The Bertz CT molecular complexity index is 317. The Morgan fingerprint density at radius 3 is 2.76 bits per heavy atom. The van der Waals surface area contributed by atoms with E-state index < -0.39 is 0 Å². The Balaban J connectivity index is 2.38. The summed E-state index contributed by atoms with van der Waals surface area (Å²) in [7, 11) is 1.64.